The Bertz CT molecular complexity index is 546. The highest BCUT2D eigenvalue weighted by atomic mass is 79.9. The predicted octanol–water partition coefficient (Wildman–Crippen LogP) is 2.84. The van der Waals surface area contributed by atoms with Gasteiger partial charge in [0, 0.05) is 24.6 Å². The Morgan fingerprint density at radius 3 is 2.55 bits per heavy atom. The third-order valence-corrected chi connectivity index (χ3v) is 6.13. The molecule has 0 heterocycles. The maximum Gasteiger partial charge on any atom is 0.243 e. The number of sulfonamides is 1. The number of rotatable bonds is 7. The molecule has 1 unspecified atom stereocenters. The van der Waals surface area contributed by atoms with Crippen LogP contribution in [0.2, 0.25) is 0 Å². The predicted molar refractivity (Wildman–Crippen MR) is 86.2 cm³/mol. The van der Waals surface area contributed by atoms with E-state index in [1.165, 1.54) is 4.31 Å². The zero-order valence-corrected chi connectivity index (χ0v) is 14.9. The first-order valence-electron chi connectivity index (χ1n) is 6.72. The molecule has 1 N–H and O–H groups in total. The normalized spacial score (nSPS) is 13.7. The molecule has 0 bridgehead atoms. The third kappa shape index (κ3) is 4.28. The molecule has 0 saturated heterocycles. The number of nitrogens with zero attached hydrogens (tertiary/aromatic N) is 1. The van der Waals surface area contributed by atoms with Gasteiger partial charge >= 0.3 is 0 Å². The molecule has 4 nitrogen and oxygen atoms in total. The van der Waals surface area contributed by atoms with E-state index in [9.17, 15) is 8.42 Å². The molecule has 0 fully saturated rings. The van der Waals surface area contributed by atoms with Gasteiger partial charge in [-0.15, -0.1) is 0 Å². The van der Waals surface area contributed by atoms with Crippen molar-refractivity contribution in [3.8, 4) is 0 Å². The molecule has 20 heavy (non-hydrogen) atoms. The molecule has 0 aromatic heterocycles. The van der Waals surface area contributed by atoms with Crippen molar-refractivity contribution in [1.29, 1.82) is 0 Å². The van der Waals surface area contributed by atoms with Crippen LogP contribution in [0.5, 0.6) is 0 Å². The monoisotopic (exact) mass is 362 g/mol. The minimum atomic E-state index is -3.44. The van der Waals surface area contributed by atoms with Crippen molar-refractivity contribution in [1.82, 2.24) is 9.62 Å². The Morgan fingerprint density at radius 1 is 1.40 bits per heavy atom. The minimum absolute atomic E-state index is 0.322. The van der Waals surface area contributed by atoms with Crippen LogP contribution in [-0.4, -0.2) is 33.4 Å². The Labute approximate surface area is 130 Å². The van der Waals surface area contributed by atoms with Gasteiger partial charge in [-0.1, -0.05) is 26.3 Å². The Kier molecular flexibility index (Phi) is 6.64. The van der Waals surface area contributed by atoms with Crippen LogP contribution in [0, 0.1) is 5.92 Å². The minimum Gasteiger partial charge on any atom is -0.316 e. The number of benzene rings is 1. The molecule has 114 valence electrons. The summed E-state index contributed by atoms with van der Waals surface area (Å²) in [5, 5.41) is 3.05. The van der Waals surface area contributed by atoms with Crippen LogP contribution in [0.4, 0.5) is 0 Å². The Morgan fingerprint density at radius 2 is 2.05 bits per heavy atom. The van der Waals surface area contributed by atoms with Gasteiger partial charge < -0.3 is 5.32 Å². The summed E-state index contributed by atoms with van der Waals surface area (Å²) >= 11 is 3.37. The van der Waals surface area contributed by atoms with E-state index < -0.39 is 10.0 Å². The summed E-state index contributed by atoms with van der Waals surface area (Å²) in [6.07, 6.45) is 0.960. The van der Waals surface area contributed by atoms with Gasteiger partial charge in [-0.2, -0.15) is 0 Å². The highest BCUT2D eigenvalue weighted by Crippen LogP contribution is 2.26. The second-order valence-corrected chi connectivity index (χ2v) is 7.96. The molecule has 1 aromatic rings. The summed E-state index contributed by atoms with van der Waals surface area (Å²) in [7, 11) is 0.0535. The van der Waals surface area contributed by atoms with Gasteiger partial charge in [0.1, 0.15) is 0 Å². The fraction of sp³-hybridized carbons (Fsp3) is 0.571. The van der Waals surface area contributed by atoms with E-state index in [0.717, 1.165) is 12.0 Å². The first-order valence-corrected chi connectivity index (χ1v) is 8.95. The highest BCUT2D eigenvalue weighted by Gasteiger charge is 2.24. The van der Waals surface area contributed by atoms with Crippen LogP contribution in [-0.2, 0) is 16.6 Å². The fourth-order valence-electron chi connectivity index (χ4n) is 1.90. The lowest BCUT2D eigenvalue weighted by atomic mass is 10.1. The SMILES string of the molecule is CCC(C)CN(C)S(=O)(=O)c1ccc(CNC)cc1Br. The first-order chi connectivity index (χ1) is 9.32. The van der Waals surface area contributed by atoms with Gasteiger partial charge in [0.25, 0.3) is 0 Å². The van der Waals surface area contributed by atoms with E-state index in [4.69, 9.17) is 0 Å². The van der Waals surface area contributed by atoms with Gasteiger partial charge in [-0.25, -0.2) is 12.7 Å². The molecule has 1 rings (SSSR count). The molecular weight excluding hydrogens is 340 g/mol. The van der Waals surface area contributed by atoms with Crippen molar-refractivity contribution in [2.75, 3.05) is 20.6 Å². The van der Waals surface area contributed by atoms with Crippen molar-refractivity contribution in [2.45, 2.75) is 31.7 Å². The van der Waals surface area contributed by atoms with Crippen LogP contribution >= 0.6 is 15.9 Å². The summed E-state index contributed by atoms with van der Waals surface area (Å²) in [5.74, 6) is 0.345. The molecule has 0 amide bonds. The average molecular weight is 363 g/mol. The molecule has 0 aliphatic carbocycles. The number of hydrogen-bond acceptors (Lipinski definition) is 3. The largest absolute Gasteiger partial charge is 0.316 e. The summed E-state index contributed by atoms with van der Waals surface area (Å²) < 4.78 is 27.1. The summed E-state index contributed by atoms with van der Waals surface area (Å²) in [5.41, 5.74) is 1.04. The molecule has 0 aliphatic rings. The van der Waals surface area contributed by atoms with Gasteiger partial charge in [-0.05, 0) is 46.6 Å². The van der Waals surface area contributed by atoms with E-state index in [1.54, 1.807) is 13.1 Å². The number of nitrogens with one attached hydrogen (secondary N) is 1. The van der Waals surface area contributed by atoms with E-state index in [-0.39, 0.29) is 0 Å². The van der Waals surface area contributed by atoms with Crippen LogP contribution in [0.15, 0.2) is 27.6 Å². The van der Waals surface area contributed by atoms with Crippen molar-refractivity contribution in [2.24, 2.45) is 5.92 Å². The Hall–Kier alpha value is -0.430. The molecule has 1 atom stereocenters. The van der Waals surface area contributed by atoms with Crippen LogP contribution in [0.3, 0.4) is 0 Å². The summed E-state index contributed by atoms with van der Waals surface area (Å²) in [4.78, 5) is 0.322. The summed E-state index contributed by atoms with van der Waals surface area (Å²) in [6, 6.07) is 5.35. The molecule has 0 radical (unpaired) electrons. The smallest absolute Gasteiger partial charge is 0.243 e. The van der Waals surface area contributed by atoms with Crippen LogP contribution in [0.1, 0.15) is 25.8 Å². The van der Waals surface area contributed by atoms with Gasteiger partial charge in [0.15, 0.2) is 0 Å². The molecule has 0 aliphatic heterocycles. The maximum absolute atomic E-state index is 12.6. The first kappa shape index (κ1) is 17.6. The van der Waals surface area contributed by atoms with E-state index in [1.807, 2.05) is 19.2 Å². The zero-order chi connectivity index (χ0) is 15.3. The molecule has 0 saturated carbocycles. The van der Waals surface area contributed by atoms with Gasteiger partial charge in [0.05, 0.1) is 4.90 Å². The molecular formula is C14H23BrN2O2S. The third-order valence-electron chi connectivity index (χ3n) is 3.33. The van der Waals surface area contributed by atoms with Crippen molar-refractivity contribution in [3.05, 3.63) is 28.2 Å². The standard InChI is InChI=1S/C14H23BrN2O2S/c1-5-11(2)10-17(4)20(18,19)14-7-6-12(9-16-3)8-13(14)15/h6-8,11,16H,5,9-10H2,1-4H3. The fourth-order valence-corrected chi connectivity index (χ4v) is 4.27. The molecule has 0 spiro atoms. The average Bonchev–Trinajstić information content (AvgIpc) is 2.38. The molecule has 1 aromatic carbocycles. The lowest BCUT2D eigenvalue weighted by Gasteiger charge is -2.21. The van der Waals surface area contributed by atoms with Crippen LogP contribution < -0.4 is 5.32 Å². The Balaban J connectivity index is 3.03. The van der Waals surface area contributed by atoms with Crippen molar-refractivity contribution in [3.63, 3.8) is 0 Å². The number of halogens is 1. The van der Waals surface area contributed by atoms with E-state index in [0.29, 0.717) is 28.4 Å². The second kappa shape index (κ2) is 7.54. The van der Waals surface area contributed by atoms with Gasteiger partial charge in [0.2, 0.25) is 10.0 Å². The van der Waals surface area contributed by atoms with Gasteiger partial charge in [-0.3, -0.25) is 0 Å². The molecule has 6 heteroatoms. The summed E-state index contributed by atoms with van der Waals surface area (Å²) in [6.45, 7) is 5.36. The topological polar surface area (TPSA) is 49.4 Å². The lowest BCUT2D eigenvalue weighted by Crippen LogP contribution is -2.31. The maximum atomic E-state index is 12.6. The van der Waals surface area contributed by atoms with E-state index in [2.05, 4.69) is 35.1 Å². The quantitative estimate of drug-likeness (QED) is 0.811. The lowest BCUT2D eigenvalue weighted by molar-refractivity contribution is 0.393. The second-order valence-electron chi connectivity index (χ2n) is 5.09. The number of hydrogen-bond donors (Lipinski definition) is 1. The highest BCUT2D eigenvalue weighted by molar-refractivity contribution is 9.10. The van der Waals surface area contributed by atoms with Crippen LogP contribution in [0.25, 0.3) is 0 Å². The van der Waals surface area contributed by atoms with Crippen molar-refractivity contribution >= 4 is 26.0 Å². The van der Waals surface area contributed by atoms with E-state index >= 15 is 0 Å². The van der Waals surface area contributed by atoms with Crippen molar-refractivity contribution < 1.29 is 8.42 Å². The zero-order valence-electron chi connectivity index (χ0n) is 12.5.